The zero-order valence-electron chi connectivity index (χ0n) is 13.6. The summed E-state index contributed by atoms with van der Waals surface area (Å²) in [6, 6.07) is 9.60. The number of nitrogens with one attached hydrogen (secondary N) is 1. The molecule has 0 heterocycles. The topological polar surface area (TPSA) is 76.4 Å². The minimum absolute atomic E-state index is 0.0703. The van der Waals surface area contributed by atoms with Gasteiger partial charge in [-0.2, -0.15) is 5.26 Å². The minimum Gasteiger partial charge on any atom is -0.391 e. The fourth-order valence-electron chi connectivity index (χ4n) is 1.90. The summed E-state index contributed by atoms with van der Waals surface area (Å²) in [4.78, 5) is 14.1. The largest absolute Gasteiger partial charge is 0.391 e. The van der Waals surface area contributed by atoms with Crippen LogP contribution in [0.4, 0.5) is 5.69 Å². The molecule has 1 rings (SSSR count). The molecule has 1 atom stereocenters. The zero-order valence-corrected chi connectivity index (χ0v) is 13.6. The van der Waals surface area contributed by atoms with Crippen molar-refractivity contribution in [1.82, 2.24) is 5.32 Å². The molecule has 0 radical (unpaired) electrons. The van der Waals surface area contributed by atoms with Crippen molar-refractivity contribution >= 4 is 17.2 Å². The first kappa shape index (κ1) is 17.7. The number of benzene rings is 1. The molecule has 22 heavy (non-hydrogen) atoms. The van der Waals surface area contributed by atoms with Crippen molar-refractivity contribution in [3.63, 3.8) is 0 Å². The monoisotopic (exact) mass is 301 g/mol. The highest BCUT2D eigenvalue weighted by atomic mass is 16.3. The molecule has 0 saturated heterocycles. The molecule has 1 amide bonds. The van der Waals surface area contributed by atoms with Crippen LogP contribution in [0, 0.1) is 11.3 Å². The van der Waals surface area contributed by atoms with E-state index in [9.17, 15) is 15.2 Å². The highest BCUT2D eigenvalue weighted by Gasteiger charge is 2.14. The van der Waals surface area contributed by atoms with Gasteiger partial charge in [0.05, 0.1) is 6.10 Å². The quantitative estimate of drug-likeness (QED) is 0.622. The second-order valence-electron chi connectivity index (χ2n) is 5.33. The van der Waals surface area contributed by atoms with Crippen molar-refractivity contribution in [2.75, 3.05) is 25.5 Å². The van der Waals surface area contributed by atoms with Crippen LogP contribution < -0.4 is 10.2 Å². The van der Waals surface area contributed by atoms with Crippen LogP contribution in [0.3, 0.4) is 0 Å². The SMILES string of the molecule is CCC(O)CNC(=O)/C(C#N)=C(\C)c1ccc(N(C)C)cc1. The highest BCUT2D eigenvalue weighted by molar-refractivity contribution is 6.04. The number of nitrogens with zero attached hydrogens (tertiary/aromatic N) is 2. The first-order valence-electron chi connectivity index (χ1n) is 7.25. The van der Waals surface area contributed by atoms with Crippen LogP contribution in [-0.2, 0) is 4.79 Å². The number of hydrogen-bond acceptors (Lipinski definition) is 4. The third-order valence-corrected chi connectivity index (χ3v) is 3.50. The molecule has 0 saturated carbocycles. The first-order chi connectivity index (χ1) is 10.4. The van der Waals surface area contributed by atoms with Gasteiger partial charge in [0.1, 0.15) is 11.6 Å². The average Bonchev–Trinajstić information content (AvgIpc) is 2.53. The maximum absolute atomic E-state index is 12.1. The van der Waals surface area contributed by atoms with Gasteiger partial charge in [-0.1, -0.05) is 19.1 Å². The van der Waals surface area contributed by atoms with Gasteiger partial charge in [-0.3, -0.25) is 4.79 Å². The Hall–Kier alpha value is -2.32. The Labute approximate surface area is 131 Å². The molecule has 5 nitrogen and oxygen atoms in total. The molecule has 0 bridgehead atoms. The number of nitriles is 1. The number of aliphatic hydroxyl groups is 1. The molecule has 1 aromatic carbocycles. The van der Waals surface area contributed by atoms with Crippen molar-refractivity contribution in [1.29, 1.82) is 5.26 Å². The van der Waals surface area contributed by atoms with E-state index in [2.05, 4.69) is 5.32 Å². The lowest BCUT2D eigenvalue weighted by molar-refractivity contribution is -0.117. The molecular weight excluding hydrogens is 278 g/mol. The summed E-state index contributed by atoms with van der Waals surface area (Å²) in [5.74, 6) is -0.454. The van der Waals surface area contributed by atoms with Crippen molar-refractivity contribution < 1.29 is 9.90 Å². The molecule has 5 heteroatoms. The predicted octanol–water partition coefficient (Wildman–Crippen LogP) is 1.94. The molecule has 118 valence electrons. The fraction of sp³-hybridized carbons (Fsp3) is 0.412. The Kier molecular flexibility index (Phi) is 6.61. The highest BCUT2D eigenvalue weighted by Crippen LogP contribution is 2.21. The zero-order chi connectivity index (χ0) is 16.7. The van der Waals surface area contributed by atoms with Crippen molar-refractivity contribution in [3.8, 4) is 6.07 Å². The summed E-state index contributed by atoms with van der Waals surface area (Å²) in [5.41, 5.74) is 2.57. The van der Waals surface area contributed by atoms with E-state index in [4.69, 9.17) is 0 Å². The van der Waals surface area contributed by atoms with Crippen LogP contribution in [0.5, 0.6) is 0 Å². The number of carbonyl (C=O) groups is 1. The number of aliphatic hydroxyl groups excluding tert-OH is 1. The molecule has 2 N–H and O–H groups in total. The van der Waals surface area contributed by atoms with Crippen LogP contribution in [0.25, 0.3) is 5.57 Å². The van der Waals surface area contributed by atoms with E-state index in [1.54, 1.807) is 6.92 Å². The van der Waals surface area contributed by atoms with E-state index in [0.717, 1.165) is 11.3 Å². The fourth-order valence-corrected chi connectivity index (χ4v) is 1.90. The van der Waals surface area contributed by atoms with Gasteiger partial charge < -0.3 is 15.3 Å². The second-order valence-corrected chi connectivity index (χ2v) is 5.33. The summed E-state index contributed by atoms with van der Waals surface area (Å²) >= 11 is 0. The maximum Gasteiger partial charge on any atom is 0.262 e. The van der Waals surface area contributed by atoms with Crippen LogP contribution in [0.15, 0.2) is 29.8 Å². The Morgan fingerprint density at radius 1 is 1.36 bits per heavy atom. The normalized spacial score (nSPS) is 12.9. The van der Waals surface area contributed by atoms with Gasteiger partial charge in [-0.25, -0.2) is 0 Å². The summed E-state index contributed by atoms with van der Waals surface area (Å²) in [5, 5.41) is 21.3. The first-order valence-corrected chi connectivity index (χ1v) is 7.25. The van der Waals surface area contributed by atoms with Crippen LogP contribution in [0.2, 0.25) is 0 Å². The molecule has 0 fully saturated rings. The number of hydrogen-bond donors (Lipinski definition) is 2. The third kappa shape index (κ3) is 4.61. The molecule has 0 aliphatic heterocycles. The number of amides is 1. The van der Waals surface area contributed by atoms with Gasteiger partial charge in [0, 0.05) is 26.3 Å². The Morgan fingerprint density at radius 3 is 2.41 bits per heavy atom. The van der Waals surface area contributed by atoms with Gasteiger partial charge in [0.15, 0.2) is 0 Å². The van der Waals surface area contributed by atoms with Crippen LogP contribution >= 0.6 is 0 Å². The summed E-state index contributed by atoms with van der Waals surface area (Å²) in [6.45, 7) is 3.72. The standard InChI is InChI=1S/C17H23N3O2/c1-5-15(21)11-19-17(22)16(10-18)12(2)13-6-8-14(9-7-13)20(3)4/h6-9,15,21H,5,11H2,1-4H3,(H,19,22)/b16-12+. The average molecular weight is 301 g/mol. The summed E-state index contributed by atoms with van der Waals surface area (Å²) in [6.07, 6.45) is -0.0415. The second kappa shape index (κ2) is 8.20. The van der Waals surface area contributed by atoms with Crippen molar-refractivity contribution in [3.05, 3.63) is 35.4 Å². The lowest BCUT2D eigenvalue weighted by atomic mass is 10.0. The van der Waals surface area contributed by atoms with Gasteiger partial charge in [-0.05, 0) is 36.6 Å². The Balaban J connectivity index is 2.96. The van der Waals surface area contributed by atoms with E-state index >= 15 is 0 Å². The molecule has 0 spiro atoms. The van der Waals surface area contributed by atoms with Crippen LogP contribution in [0.1, 0.15) is 25.8 Å². The van der Waals surface area contributed by atoms with Gasteiger partial charge in [-0.15, -0.1) is 0 Å². The van der Waals surface area contributed by atoms with E-state index in [0.29, 0.717) is 12.0 Å². The smallest absolute Gasteiger partial charge is 0.262 e. The maximum atomic E-state index is 12.1. The van der Waals surface area contributed by atoms with Crippen LogP contribution in [-0.4, -0.2) is 37.8 Å². The lowest BCUT2D eigenvalue weighted by Crippen LogP contribution is -2.32. The molecule has 1 unspecified atom stereocenters. The third-order valence-electron chi connectivity index (χ3n) is 3.50. The number of carbonyl (C=O) groups excluding carboxylic acids is 1. The summed E-state index contributed by atoms with van der Waals surface area (Å²) < 4.78 is 0. The van der Waals surface area contributed by atoms with E-state index in [1.807, 2.05) is 56.3 Å². The number of allylic oxidation sites excluding steroid dienone is 1. The van der Waals surface area contributed by atoms with Gasteiger partial charge in [0.25, 0.3) is 5.91 Å². The van der Waals surface area contributed by atoms with E-state index < -0.39 is 12.0 Å². The number of rotatable bonds is 6. The molecular formula is C17H23N3O2. The molecule has 0 aromatic heterocycles. The van der Waals surface area contributed by atoms with Gasteiger partial charge in [0.2, 0.25) is 0 Å². The number of anilines is 1. The van der Waals surface area contributed by atoms with Crippen molar-refractivity contribution in [2.45, 2.75) is 26.4 Å². The van der Waals surface area contributed by atoms with E-state index in [1.165, 1.54) is 0 Å². The lowest BCUT2D eigenvalue weighted by Gasteiger charge is -2.14. The Bertz CT molecular complexity index is 583. The van der Waals surface area contributed by atoms with Crippen molar-refractivity contribution in [2.24, 2.45) is 0 Å². The molecule has 0 aliphatic carbocycles. The summed E-state index contributed by atoms with van der Waals surface area (Å²) in [7, 11) is 3.90. The van der Waals surface area contributed by atoms with E-state index in [-0.39, 0.29) is 12.1 Å². The Morgan fingerprint density at radius 2 is 1.95 bits per heavy atom. The predicted molar refractivity (Wildman–Crippen MR) is 88.3 cm³/mol. The molecule has 0 aliphatic rings. The van der Waals surface area contributed by atoms with Gasteiger partial charge >= 0.3 is 0 Å². The molecule has 1 aromatic rings. The minimum atomic E-state index is -0.594.